The summed E-state index contributed by atoms with van der Waals surface area (Å²) in [6.07, 6.45) is 6.98. The Morgan fingerprint density at radius 2 is 2.00 bits per heavy atom. The molecule has 0 atom stereocenters. The molecular formula is C16H30N4O2. The second-order valence-corrected chi connectivity index (χ2v) is 6.22. The molecule has 0 unspecified atom stereocenters. The van der Waals surface area contributed by atoms with Crippen molar-refractivity contribution in [3.63, 3.8) is 0 Å². The first kappa shape index (κ1) is 16.9. The van der Waals surface area contributed by atoms with Gasteiger partial charge in [-0.15, -0.1) is 0 Å². The lowest BCUT2D eigenvalue weighted by atomic mass is 10.1. The highest BCUT2D eigenvalue weighted by Crippen LogP contribution is 2.33. The largest absolute Gasteiger partial charge is 0.453 e. The van der Waals surface area contributed by atoms with Crippen LogP contribution < -0.4 is 10.6 Å². The standard InChI is InChI=1S/C16H30N4O2/c1-3-17-15(18-10-4-5-13-6-7-13)19-14-8-11-20(12-9-14)16(21)22-2/h13-14H,3-12H2,1-2H3,(H2,17,18,19). The molecule has 1 amide bonds. The minimum absolute atomic E-state index is 0.223. The summed E-state index contributed by atoms with van der Waals surface area (Å²) in [5.41, 5.74) is 0. The lowest BCUT2D eigenvalue weighted by molar-refractivity contribution is 0.111. The molecule has 1 saturated carbocycles. The quantitative estimate of drug-likeness (QED) is 0.447. The van der Waals surface area contributed by atoms with Gasteiger partial charge in [-0.1, -0.05) is 12.8 Å². The maximum Gasteiger partial charge on any atom is 0.409 e. The zero-order valence-electron chi connectivity index (χ0n) is 13.9. The Morgan fingerprint density at radius 1 is 1.27 bits per heavy atom. The Balaban J connectivity index is 1.70. The summed E-state index contributed by atoms with van der Waals surface area (Å²) in [5.74, 6) is 1.89. The first-order chi connectivity index (χ1) is 10.7. The maximum atomic E-state index is 11.5. The van der Waals surface area contributed by atoms with Crippen molar-refractivity contribution >= 4 is 12.1 Å². The number of likely N-dealkylation sites (tertiary alicyclic amines) is 1. The van der Waals surface area contributed by atoms with Crippen molar-refractivity contribution in [3.8, 4) is 0 Å². The molecule has 0 aromatic rings. The van der Waals surface area contributed by atoms with Gasteiger partial charge in [-0.2, -0.15) is 0 Å². The topological polar surface area (TPSA) is 66.0 Å². The molecule has 22 heavy (non-hydrogen) atoms. The van der Waals surface area contributed by atoms with Crippen LogP contribution >= 0.6 is 0 Å². The second kappa shape index (κ2) is 8.86. The van der Waals surface area contributed by atoms with Crippen molar-refractivity contribution in [2.45, 2.75) is 51.5 Å². The van der Waals surface area contributed by atoms with Gasteiger partial charge in [0.1, 0.15) is 0 Å². The molecule has 1 saturated heterocycles. The number of rotatable bonds is 6. The molecule has 6 heteroatoms. The number of piperidine rings is 1. The van der Waals surface area contributed by atoms with Crippen LogP contribution in [0, 0.1) is 5.92 Å². The third kappa shape index (κ3) is 5.73. The molecule has 0 aromatic carbocycles. The van der Waals surface area contributed by atoms with Gasteiger partial charge in [0.2, 0.25) is 0 Å². The van der Waals surface area contributed by atoms with E-state index in [1.54, 1.807) is 4.90 Å². The number of hydrogen-bond donors (Lipinski definition) is 2. The Bertz CT molecular complexity index is 374. The van der Waals surface area contributed by atoms with Gasteiger partial charge in [-0.25, -0.2) is 4.79 Å². The maximum absolute atomic E-state index is 11.5. The van der Waals surface area contributed by atoms with Crippen LogP contribution in [0.5, 0.6) is 0 Å². The van der Waals surface area contributed by atoms with Gasteiger partial charge in [0.25, 0.3) is 0 Å². The number of hydrogen-bond acceptors (Lipinski definition) is 3. The van der Waals surface area contributed by atoms with Gasteiger partial charge in [-0.05, 0) is 38.5 Å². The number of guanidine groups is 1. The lowest BCUT2D eigenvalue weighted by Crippen LogP contribution is -2.49. The van der Waals surface area contributed by atoms with Crippen LogP contribution in [-0.2, 0) is 4.74 Å². The third-order valence-corrected chi connectivity index (χ3v) is 4.35. The van der Waals surface area contributed by atoms with E-state index in [-0.39, 0.29) is 6.09 Å². The van der Waals surface area contributed by atoms with Gasteiger partial charge in [0.05, 0.1) is 7.11 Å². The van der Waals surface area contributed by atoms with Crippen LogP contribution in [-0.4, -0.2) is 56.3 Å². The molecule has 0 radical (unpaired) electrons. The molecular weight excluding hydrogens is 280 g/mol. The van der Waals surface area contributed by atoms with Crippen LogP contribution in [0.2, 0.25) is 0 Å². The van der Waals surface area contributed by atoms with Crippen molar-refractivity contribution in [2.24, 2.45) is 10.9 Å². The van der Waals surface area contributed by atoms with Crippen LogP contribution in [0.3, 0.4) is 0 Å². The Kier molecular flexibility index (Phi) is 6.80. The number of nitrogens with one attached hydrogen (secondary N) is 2. The minimum atomic E-state index is -0.223. The van der Waals surface area contributed by atoms with Gasteiger partial charge in [0, 0.05) is 32.2 Å². The summed E-state index contributed by atoms with van der Waals surface area (Å²) in [4.78, 5) is 17.9. The normalized spacial score (nSPS) is 19.9. The highest BCUT2D eigenvalue weighted by molar-refractivity contribution is 5.80. The van der Waals surface area contributed by atoms with Crippen molar-refractivity contribution in [2.75, 3.05) is 33.3 Å². The number of ether oxygens (including phenoxy) is 1. The number of aliphatic imine (C=N–C) groups is 1. The van der Waals surface area contributed by atoms with Crippen molar-refractivity contribution in [3.05, 3.63) is 0 Å². The summed E-state index contributed by atoms with van der Waals surface area (Å²) in [5, 5.41) is 6.81. The molecule has 126 valence electrons. The molecule has 2 fully saturated rings. The van der Waals surface area contributed by atoms with E-state index >= 15 is 0 Å². The van der Waals surface area contributed by atoms with Crippen molar-refractivity contribution < 1.29 is 9.53 Å². The van der Waals surface area contributed by atoms with E-state index in [0.717, 1.165) is 50.9 Å². The summed E-state index contributed by atoms with van der Waals surface area (Å²) in [6.45, 7) is 5.33. The van der Waals surface area contributed by atoms with Gasteiger partial charge < -0.3 is 20.3 Å². The first-order valence-electron chi connectivity index (χ1n) is 8.60. The van der Waals surface area contributed by atoms with Crippen molar-refractivity contribution in [1.82, 2.24) is 15.5 Å². The molecule has 0 spiro atoms. The minimum Gasteiger partial charge on any atom is -0.453 e. The van der Waals surface area contributed by atoms with Gasteiger partial charge >= 0.3 is 6.09 Å². The number of amides is 1. The van der Waals surface area contributed by atoms with Crippen LogP contribution in [0.4, 0.5) is 4.79 Å². The van der Waals surface area contributed by atoms with E-state index in [4.69, 9.17) is 4.74 Å². The highest BCUT2D eigenvalue weighted by atomic mass is 16.5. The smallest absolute Gasteiger partial charge is 0.409 e. The van der Waals surface area contributed by atoms with Crippen LogP contribution in [0.15, 0.2) is 4.99 Å². The Labute approximate surface area is 133 Å². The zero-order chi connectivity index (χ0) is 15.8. The van der Waals surface area contributed by atoms with E-state index in [1.165, 1.54) is 32.8 Å². The molecule has 0 bridgehead atoms. The van der Waals surface area contributed by atoms with E-state index in [9.17, 15) is 4.79 Å². The molecule has 1 heterocycles. The molecule has 0 aromatic heterocycles. The predicted molar refractivity (Wildman–Crippen MR) is 88.1 cm³/mol. The van der Waals surface area contributed by atoms with Crippen LogP contribution in [0.25, 0.3) is 0 Å². The summed E-state index contributed by atoms with van der Waals surface area (Å²) >= 11 is 0. The van der Waals surface area contributed by atoms with E-state index < -0.39 is 0 Å². The van der Waals surface area contributed by atoms with Crippen LogP contribution in [0.1, 0.15) is 45.4 Å². The molecule has 1 aliphatic heterocycles. The first-order valence-corrected chi connectivity index (χ1v) is 8.60. The van der Waals surface area contributed by atoms with Crippen molar-refractivity contribution in [1.29, 1.82) is 0 Å². The molecule has 6 nitrogen and oxygen atoms in total. The average Bonchev–Trinajstić information content (AvgIpc) is 3.36. The highest BCUT2D eigenvalue weighted by Gasteiger charge is 2.23. The summed E-state index contributed by atoms with van der Waals surface area (Å²) in [7, 11) is 1.43. The number of carbonyl (C=O) groups excluding carboxylic acids is 1. The fourth-order valence-electron chi connectivity index (χ4n) is 2.83. The third-order valence-electron chi connectivity index (χ3n) is 4.35. The Hall–Kier alpha value is -1.46. The summed E-state index contributed by atoms with van der Waals surface area (Å²) < 4.78 is 4.76. The summed E-state index contributed by atoms with van der Waals surface area (Å²) in [6, 6.07) is 0.377. The average molecular weight is 310 g/mol. The molecule has 2 rings (SSSR count). The van der Waals surface area contributed by atoms with Gasteiger partial charge in [0.15, 0.2) is 5.96 Å². The Morgan fingerprint density at radius 3 is 2.59 bits per heavy atom. The molecule has 2 N–H and O–H groups in total. The lowest BCUT2D eigenvalue weighted by Gasteiger charge is -2.32. The van der Waals surface area contributed by atoms with E-state index in [1.807, 2.05) is 0 Å². The number of nitrogens with zero attached hydrogens (tertiary/aromatic N) is 2. The zero-order valence-corrected chi connectivity index (χ0v) is 13.9. The fraction of sp³-hybridized carbons (Fsp3) is 0.875. The van der Waals surface area contributed by atoms with E-state index in [2.05, 4.69) is 22.5 Å². The number of methoxy groups -OCH3 is 1. The fourth-order valence-corrected chi connectivity index (χ4v) is 2.83. The predicted octanol–water partition coefficient (Wildman–Crippen LogP) is 1.96. The SMILES string of the molecule is CCNC(=NCCCC1CC1)NC1CCN(C(=O)OC)CC1. The van der Waals surface area contributed by atoms with E-state index in [0.29, 0.717) is 6.04 Å². The number of carbonyl (C=O) groups is 1. The molecule has 2 aliphatic rings. The molecule has 1 aliphatic carbocycles. The monoisotopic (exact) mass is 310 g/mol. The van der Waals surface area contributed by atoms with Gasteiger partial charge in [-0.3, -0.25) is 4.99 Å². The second-order valence-electron chi connectivity index (χ2n) is 6.22.